The summed E-state index contributed by atoms with van der Waals surface area (Å²) < 4.78 is 32.9. The number of ether oxygens (including phenoxy) is 1. The van der Waals surface area contributed by atoms with Crippen molar-refractivity contribution in [1.82, 2.24) is 9.29 Å². The Labute approximate surface area is 158 Å². The summed E-state index contributed by atoms with van der Waals surface area (Å²) in [5.74, 6) is -0.153. The van der Waals surface area contributed by atoms with Crippen LogP contribution < -0.4 is 5.32 Å². The lowest BCUT2D eigenvalue weighted by Gasteiger charge is -2.31. The van der Waals surface area contributed by atoms with Gasteiger partial charge in [0.25, 0.3) is 5.91 Å². The summed E-state index contributed by atoms with van der Waals surface area (Å²) in [6.45, 7) is 1.48. The van der Waals surface area contributed by atoms with Crippen LogP contribution in [0, 0.1) is 0 Å². The molecular formula is C17H25N3O4S2. The monoisotopic (exact) mass is 399 g/mol. The third-order valence-corrected chi connectivity index (χ3v) is 8.82. The number of anilines is 1. The van der Waals surface area contributed by atoms with Crippen LogP contribution in [0.1, 0.15) is 55.5 Å². The highest BCUT2D eigenvalue weighted by Gasteiger charge is 2.36. The molecule has 1 saturated heterocycles. The van der Waals surface area contributed by atoms with Gasteiger partial charge in [-0.25, -0.2) is 13.4 Å². The third-order valence-electron chi connectivity index (χ3n) is 5.48. The van der Waals surface area contributed by atoms with Gasteiger partial charge in [0.15, 0.2) is 5.13 Å². The van der Waals surface area contributed by atoms with E-state index in [2.05, 4.69) is 10.3 Å². The Morgan fingerprint density at radius 3 is 2.73 bits per heavy atom. The maximum atomic E-state index is 12.9. The van der Waals surface area contributed by atoms with Crippen molar-refractivity contribution in [2.45, 2.75) is 69.3 Å². The molecule has 0 aromatic carbocycles. The molecule has 0 radical (unpaired) electrons. The fraction of sp³-hybridized carbons (Fsp3) is 0.765. The molecule has 26 heavy (non-hydrogen) atoms. The van der Waals surface area contributed by atoms with E-state index in [4.69, 9.17) is 4.74 Å². The number of nitrogens with zero attached hydrogens (tertiary/aromatic N) is 2. The quantitative estimate of drug-likeness (QED) is 0.839. The van der Waals surface area contributed by atoms with Gasteiger partial charge in [-0.05, 0) is 25.7 Å². The zero-order chi connectivity index (χ0) is 18.1. The first kappa shape index (κ1) is 18.3. The fourth-order valence-electron chi connectivity index (χ4n) is 3.99. The Hall–Kier alpha value is -1.03. The van der Waals surface area contributed by atoms with Gasteiger partial charge in [0.05, 0.1) is 10.9 Å². The average Bonchev–Trinajstić information content (AvgIpc) is 3.31. The molecule has 0 bridgehead atoms. The average molecular weight is 400 g/mol. The molecule has 4 rings (SSSR count). The summed E-state index contributed by atoms with van der Waals surface area (Å²) in [6, 6.07) is 0. The molecule has 2 fully saturated rings. The van der Waals surface area contributed by atoms with Crippen molar-refractivity contribution in [1.29, 1.82) is 0 Å². The summed E-state index contributed by atoms with van der Waals surface area (Å²) in [6.07, 6.45) is 6.55. The van der Waals surface area contributed by atoms with E-state index in [9.17, 15) is 13.2 Å². The van der Waals surface area contributed by atoms with Gasteiger partial charge in [-0.15, -0.1) is 11.3 Å². The van der Waals surface area contributed by atoms with Crippen LogP contribution in [0.2, 0.25) is 0 Å². The van der Waals surface area contributed by atoms with Gasteiger partial charge in [0, 0.05) is 31.0 Å². The van der Waals surface area contributed by atoms with Gasteiger partial charge in [-0.2, -0.15) is 4.31 Å². The minimum Gasteiger partial charge on any atom is -0.368 e. The van der Waals surface area contributed by atoms with Crippen molar-refractivity contribution >= 4 is 32.4 Å². The van der Waals surface area contributed by atoms with E-state index in [0.29, 0.717) is 31.2 Å². The molecule has 144 valence electrons. The lowest BCUT2D eigenvalue weighted by atomic mass is 10.0. The number of carbonyl (C=O) groups excluding carboxylic acids is 1. The van der Waals surface area contributed by atoms with Gasteiger partial charge in [0.1, 0.15) is 6.10 Å². The molecule has 3 aliphatic rings. The van der Waals surface area contributed by atoms with E-state index in [-0.39, 0.29) is 17.3 Å². The van der Waals surface area contributed by atoms with E-state index >= 15 is 0 Å². The normalized spacial score (nSPS) is 25.2. The molecule has 1 atom stereocenters. The maximum absolute atomic E-state index is 12.9. The van der Waals surface area contributed by atoms with Gasteiger partial charge in [-0.1, -0.05) is 19.3 Å². The molecular weight excluding hydrogens is 374 g/mol. The number of hydrogen-bond donors (Lipinski definition) is 1. The van der Waals surface area contributed by atoms with E-state index in [0.717, 1.165) is 55.5 Å². The zero-order valence-electron chi connectivity index (χ0n) is 14.8. The van der Waals surface area contributed by atoms with Crippen LogP contribution in [0.4, 0.5) is 5.13 Å². The first-order valence-electron chi connectivity index (χ1n) is 9.44. The van der Waals surface area contributed by atoms with Crippen molar-refractivity contribution in [2.75, 3.05) is 18.5 Å². The highest BCUT2D eigenvalue weighted by molar-refractivity contribution is 7.89. The van der Waals surface area contributed by atoms with Crippen LogP contribution in [-0.4, -0.2) is 48.1 Å². The molecule has 1 aliphatic carbocycles. The molecule has 1 saturated carbocycles. The largest absolute Gasteiger partial charge is 0.368 e. The van der Waals surface area contributed by atoms with Crippen molar-refractivity contribution < 1.29 is 17.9 Å². The van der Waals surface area contributed by atoms with Crippen molar-refractivity contribution in [2.24, 2.45) is 0 Å². The number of fused-ring (bicyclic) bond motifs is 1. The Bertz CT molecular complexity index is 765. The predicted molar refractivity (Wildman–Crippen MR) is 99.6 cm³/mol. The Morgan fingerprint density at radius 1 is 1.19 bits per heavy atom. The SMILES string of the molecule is O=C(Nc1nc2c(s1)CN(S(=O)(=O)C1CCCCC1)CC2)C1CCCO1. The number of amides is 1. The summed E-state index contributed by atoms with van der Waals surface area (Å²) in [5, 5.41) is 3.15. The van der Waals surface area contributed by atoms with Crippen molar-refractivity contribution in [3.63, 3.8) is 0 Å². The minimum absolute atomic E-state index is 0.153. The van der Waals surface area contributed by atoms with Gasteiger partial charge in [-0.3, -0.25) is 10.1 Å². The molecule has 1 aromatic heterocycles. The molecule has 9 heteroatoms. The molecule has 7 nitrogen and oxygen atoms in total. The number of hydrogen-bond acceptors (Lipinski definition) is 6. The second-order valence-electron chi connectivity index (χ2n) is 7.27. The lowest BCUT2D eigenvalue weighted by Crippen LogP contribution is -2.42. The van der Waals surface area contributed by atoms with E-state index in [1.54, 1.807) is 4.31 Å². The van der Waals surface area contributed by atoms with Gasteiger partial charge < -0.3 is 4.74 Å². The van der Waals surface area contributed by atoms with Crippen LogP contribution in [0.15, 0.2) is 0 Å². The Morgan fingerprint density at radius 2 is 2.00 bits per heavy atom. The smallest absolute Gasteiger partial charge is 0.255 e. The molecule has 0 spiro atoms. The molecule has 1 aromatic rings. The second-order valence-corrected chi connectivity index (χ2v) is 10.6. The molecule has 1 N–H and O–H groups in total. The summed E-state index contributed by atoms with van der Waals surface area (Å²) in [4.78, 5) is 17.6. The van der Waals surface area contributed by atoms with Crippen LogP contribution in [0.5, 0.6) is 0 Å². The van der Waals surface area contributed by atoms with Gasteiger partial charge in [0.2, 0.25) is 10.0 Å². The maximum Gasteiger partial charge on any atom is 0.255 e. The Balaban J connectivity index is 1.43. The zero-order valence-corrected chi connectivity index (χ0v) is 16.4. The molecule has 1 amide bonds. The number of sulfonamides is 1. The van der Waals surface area contributed by atoms with Crippen LogP contribution in [-0.2, 0) is 32.5 Å². The highest BCUT2D eigenvalue weighted by Crippen LogP contribution is 2.33. The van der Waals surface area contributed by atoms with Gasteiger partial charge >= 0.3 is 0 Å². The number of rotatable bonds is 4. The van der Waals surface area contributed by atoms with Crippen LogP contribution in [0.3, 0.4) is 0 Å². The molecule has 3 heterocycles. The third kappa shape index (κ3) is 3.67. The number of aromatic nitrogens is 1. The highest BCUT2D eigenvalue weighted by atomic mass is 32.2. The summed E-state index contributed by atoms with van der Waals surface area (Å²) >= 11 is 1.38. The first-order chi connectivity index (χ1) is 12.5. The Kier molecular flexibility index (Phi) is 5.31. The minimum atomic E-state index is -3.25. The second kappa shape index (κ2) is 7.53. The van der Waals surface area contributed by atoms with Crippen molar-refractivity contribution in [3.8, 4) is 0 Å². The number of carbonyl (C=O) groups is 1. The van der Waals surface area contributed by atoms with Crippen LogP contribution >= 0.6 is 11.3 Å². The van der Waals surface area contributed by atoms with Crippen molar-refractivity contribution in [3.05, 3.63) is 10.6 Å². The van der Waals surface area contributed by atoms with E-state index < -0.39 is 10.0 Å². The summed E-state index contributed by atoms with van der Waals surface area (Å²) in [5.41, 5.74) is 0.910. The standard InChI is InChI=1S/C17H25N3O4S2/c21-16(14-7-4-10-24-14)19-17-18-13-8-9-20(11-15(13)25-17)26(22,23)12-5-2-1-3-6-12/h12,14H,1-11H2,(H,18,19,21). The fourth-order valence-corrected chi connectivity index (χ4v) is 7.10. The number of thiazole rings is 1. The lowest BCUT2D eigenvalue weighted by molar-refractivity contribution is -0.124. The number of nitrogens with one attached hydrogen (secondary N) is 1. The van der Waals surface area contributed by atoms with E-state index in [1.807, 2.05) is 0 Å². The first-order valence-corrected chi connectivity index (χ1v) is 11.8. The topological polar surface area (TPSA) is 88.6 Å². The predicted octanol–water partition coefficient (Wildman–Crippen LogP) is 2.28. The van der Waals surface area contributed by atoms with E-state index in [1.165, 1.54) is 11.3 Å². The molecule has 1 unspecified atom stereocenters. The molecule has 2 aliphatic heterocycles. The van der Waals surface area contributed by atoms with Crippen LogP contribution in [0.25, 0.3) is 0 Å². The summed E-state index contributed by atoms with van der Waals surface area (Å²) in [7, 11) is -3.25.